The highest BCUT2D eigenvalue weighted by molar-refractivity contribution is 5.98. The first kappa shape index (κ1) is 19.2. The molecule has 1 atom stereocenters. The first-order valence-corrected chi connectivity index (χ1v) is 10.2. The van der Waals surface area contributed by atoms with E-state index < -0.39 is 0 Å². The van der Waals surface area contributed by atoms with Gasteiger partial charge in [-0.3, -0.25) is 9.69 Å². The number of carbonyl (C=O) groups is 1. The van der Waals surface area contributed by atoms with E-state index in [1.807, 2.05) is 55.5 Å². The quantitative estimate of drug-likeness (QED) is 0.635. The van der Waals surface area contributed by atoms with Crippen LogP contribution in [0.5, 0.6) is 0 Å². The minimum atomic E-state index is -0.188. The first-order valence-electron chi connectivity index (χ1n) is 10.2. The maximum atomic E-state index is 13.0. The Kier molecular flexibility index (Phi) is 5.87. The van der Waals surface area contributed by atoms with E-state index in [0.717, 1.165) is 36.3 Å². The lowest BCUT2D eigenvalue weighted by Gasteiger charge is -2.31. The van der Waals surface area contributed by atoms with Crippen LogP contribution in [0.4, 0.5) is 5.69 Å². The number of benzene rings is 3. The van der Waals surface area contributed by atoms with Crippen LogP contribution < -0.4 is 5.32 Å². The van der Waals surface area contributed by atoms with Gasteiger partial charge in [0.25, 0.3) is 0 Å². The van der Waals surface area contributed by atoms with Crippen LogP contribution in [0.1, 0.15) is 18.9 Å². The zero-order valence-corrected chi connectivity index (χ0v) is 16.7. The predicted molar refractivity (Wildman–Crippen MR) is 121 cm³/mol. The predicted octanol–water partition coefficient (Wildman–Crippen LogP) is 5.47. The normalized spacial score (nSPS) is 15.4. The largest absolute Gasteiger partial charge is 0.324 e. The zero-order chi connectivity index (χ0) is 20.1. The van der Waals surface area contributed by atoms with E-state index in [1.54, 1.807) is 0 Å². The molecule has 3 aromatic rings. The van der Waals surface area contributed by atoms with Gasteiger partial charge in [0.2, 0.25) is 5.91 Å². The van der Waals surface area contributed by atoms with Gasteiger partial charge >= 0.3 is 0 Å². The van der Waals surface area contributed by atoms with Gasteiger partial charge in [-0.05, 0) is 36.1 Å². The van der Waals surface area contributed by atoms with Crippen LogP contribution in [0.25, 0.3) is 16.7 Å². The van der Waals surface area contributed by atoms with Gasteiger partial charge in [-0.15, -0.1) is 0 Å². The number of hydrogen-bond acceptors (Lipinski definition) is 2. The molecule has 3 nitrogen and oxygen atoms in total. The molecule has 0 aliphatic carbocycles. The van der Waals surface area contributed by atoms with Crippen LogP contribution in [0.15, 0.2) is 91.0 Å². The Morgan fingerprint density at radius 3 is 2.14 bits per heavy atom. The summed E-state index contributed by atoms with van der Waals surface area (Å²) >= 11 is 0. The maximum Gasteiger partial charge on any atom is 0.241 e. The summed E-state index contributed by atoms with van der Waals surface area (Å²) in [5.41, 5.74) is 5.64. The smallest absolute Gasteiger partial charge is 0.241 e. The second kappa shape index (κ2) is 8.89. The molecule has 0 saturated carbocycles. The van der Waals surface area contributed by atoms with Crippen molar-refractivity contribution in [3.63, 3.8) is 0 Å². The van der Waals surface area contributed by atoms with E-state index in [1.165, 1.54) is 11.1 Å². The molecule has 0 radical (unpaired) electrons. The molecule has 1 unspecified atom stereocenters. The number of amides is 1. The number of nitrogens with zero attached hydrogens (tertiary/aromatic N) is 1. The van der Waals surface area contributed by atoms with E-state index >= 15 is 0 Å². The lowest BCUT2D eigenvalue weighted by Crippen LogP contribution is -2.44. The number of nitrogens with one attached hydrogen (secondary N) is 1. The molecule has 3 aromatic carbocycles. The molecule has 3 heteroatoms. The highest BCUT2D eigenvalue weighted by atomic mass is 16.2. The zero-order valence-electron chi connectivity index (χ0n) is 16.7. The monoisotopic (exact) mass is 382 g/mol. The fourth-order valence-corrected chi connectivity index (χ4v) is 3.82. The Bertz CT molecular complexity index is 995. The molecule has 0 fully saturated rings. The third kappa shape index (κ3) is 4.47. The average molecular weight is 383 g/mol. The summed E-state index contributed by atoms with van der Waals surface area (Å²) in [4.78, 5) is 15.2. The van der Waals surface area contributed by atoms with Crippen LogP contribution in [-0.2, 0) is 4.79 Å². The second-order valence-corrected chi connectivity index (χ2v) is 7.42. The van der Waals surface area contributed by atoms with Crippen molar-refractivity contribution in [1.29, 1.82) is 0 Å². The van der Waals surface area contributed by atoms with Crippen molar-refractivity contribution in [3.05, 3.63) is 96.6 Å². The lowest BCUT2D eigenvalue weighted by atomic mass is 9.98. The van der Waals surface area contributed by atoms with Gasteiger partial charge in [-0.25, -0.2) is 0 Å². The number of anilines is 1. The Morgan fingerprint density at radius 1 is 0.862 bits per heavy atom. The van der Waals surface area contributed by atoms with Gasteiger partial charge in [-0.2, -0.15) is 0 Å². The first-order chi connectivity index (χ1) is 14.2. The minimum absolute atomic E-state index is 0.0324. The summed E-state index contributed by atoms with van der Waals surface area (Å²) in [5.74, 6) is 0.0324. The molecule has 29 heavy (non-hydrogen) atoms. The molecule has 4 rings (SSSR count). The molecular formula is C26H26N2O. The Hall–Kier alpha value is -3.17. The van der Waals surface area contributed by atoms with Gasteiger partial charge in [0.05, 0.1) is 6.04 Å². The molecule has 1 amide bonds. The molecule has 146 valence electrons. The molecule has 0 aromatic heterocycles. The molecule has 0 spiro atoms. The van der Waals surface area contributed by atoms with E-state index in [0.29, 0.717) is 0 Å². The van der Waals surface area contributed by atoms with E-state index in [9.17, 15) is 4.79 Å². The minimum Gasteiger partial charge on any atom is -0.324 e. The van der Waals surface area contributed by atoms with Crippen LogP contribution in [0, 0.1) is 0 Å². The van der Waals surface area contributed by atoms with Gasteiger partial charge in [0.1, 0.15) is 0 Å². The summed E-state index contributed by atoms with van der Waals surface area (Å²) in [6.07, 6.45) is 3.21. The van der Waals surface area contributed by atoms with Crippen molar-refractivity contribution in [2.24, 2.45) is 0 Å². The summed E-state index contributed by atoms with van der Waals surface area (Å²) in [6, 6.07) is 28.4. The average Bonchev–Trinajstić information content (AvgIpc) is 2.80. The molecular weight excluding hydrogens is 356 g/mol. The molecule has 1 N–H and O–H groups in total. The number of carbonyl (C=O) groups excluding carboxylic acids is 1. The SMILES string of the molecule is CC(C(=O)Nc1ccccc1-c1ccccc1)N1CC=C(c2ccccc2)CC1. The summed E-state index contributed by atoms with van der Waals surface area (Å²) in [5, 5.41) is 3.15. The Balaban J connectivity index is 1.44. The number of rotatable bonds is 5. The van der Waals surface area contributed by atoms with Gasteiger partial charge in [0.15, 0.2) is 0 Å². The highest BCUT2D eigenvalue weighted by Crippen LogP contribution is 2.28. The van der Waals surface area contributed by atoms with E-state index in [2.05, 4.69) is 52.7 Å². The fourth-order valence-electron chi connectivity index (χ4n) is 3.82. The molecule has 1 aliphatic heterocycles. The number of para-hydroxylation sites is 1. The van der Waals surface area contributed by atoms with E-state index in [-0.39, 0.29) is 11.9 Å². The van der Waals surface area contributed by atoms with Gasteiger partial charge in [-0.1, -0.05) is 84.9 Å². The molecule has 0 bridgehead atoms. The van der Waals surface area contributed by atoms with Crippen LogP contribution >= 0.6 is 0 Å². The second-order valence-electron chi connectivity index (χ2n) is 7.42. The topological polar surface area (TPSA) is 32.3 Å². The summed E-state index contributed by atoms with van der Waals surface area (Å²) in [6.45, 7) is 3.66. The fraction of sp³-hybridized carbons (Fsp3) is 0.192. The van der Waals surface area contributed by atoms with Crippen molar-refractivity contribution in [3.8, 4) is 11.1 Å². The van der Waals surface area contributed by atoms with Crippen LogP contribution in [0.2, 0.25) is 0 Å². The Labute approximate surface area is 172 Å². The molecule has 1 heterocycles. The van der Waals surface area contributed by atoms with Crippen molar-refractivity contribution in [1.82, 2.24) is 4.90 Å². The lowest BCUT2D eigenvalue weighted by molar-refractivity contribution is -0.120. The van der Waals surface area contributed by atoms with Gasteiger partial charge in [0, 0.05) is 24.3 Å². The van der Waals surface area contributed by atoms with Crippen molar-refractivity contribution >= 4 is 17.2 Å². The standard InChI is InChI=1S/C26H26N2O/c1-20(28-18-16-22(17-19-28)21-10-4-2-5-11-21)26(29)27-25-15-9-8-14-24(25)23-12-6-3-7-13-23/h2-16,20H,17-19H2,1H3,(H,27,29). The number of hydrogen-bond donors (Lipinski definition) is 1. The summed E-state index contributed by atoms with van der Waals surface area (Å²) < 4.78 is 0. The van der Waals surface area contributed by atoms with Gasteiger partial charge < -0.3 is 5.32 Å². The summed E-state index contributed by atoms with van der Waals surface area (Å²) in [7, 11) is 0. The van der Waals surface area contributed by atoms with Crippen LogP contribution in [0.3, 0.4) is 0 Å². The third-order valence-electron chi connectivity index (χ3n) is 5.58. The Morgan fingerprint density at radius 2 is 1.48 bits per heavy atom. The highest BCUT2D eigenvalue weighted by Gasteiger charge is 2.24. The van der Waals surface area contributed by atoms with Crippen molar-refractivity contribution in [2.45, 2.75) is 19.4 Å². The van der Waals surface area contributed by atoms with Crippen molar-refractivity contribution < 1.29 is 4.79 Å². The van der Waals surface area contributed by atoms with E-state index in [4.69, 9.17) is 0 Å². The van der Waals surface area contributed by atoms with Crippen LogP contribution in [-0.4, -0.2) is 29.9 Å². The molecule has 0 saturated heterocycles. The van der Waals surface area contributed by atoms with Crippen molar-refractivity contribution in [2.75, 3.05) is 18.4 Å². The third-order valence-corrected chi connectivity index (χ3v) is 5.58. The molecule has 1 aliphatic rings. The maximum absolute atomic E-state index is 13.0.